The van der Waals surface area contributed by atoms with Gasteiger partial charge in [-0.1, -0.05) is 97.1 Å². The average Bonchev–Trinajstić information content (AvgIpc) is 3.94. The highest BCUT2D eigenvalue weighted by Gasteiger charge is 2.21. The summed E-state index contributed by atoms with van der Waals surface area (Å²) in [6.07, 6.45) is 1.98. The van der Waals surface area contributed by atoms with Crippen molar-refractivity contribution in [3.8, 4) is 22.8 Å². The molecule has 0 aliphatic rings. The first kappa shape index (κ1) is 28.0. The molecule has 0 aliphatic heterocycles. The second kappa shape index (κ2) is 10.4. The molecule has 5 nitrogen and oxygen atoms in total. The van der Waals surface area contributed by atoms with Crippen LogP contribution in [0.3, 0.4) is 0 Å². The molecule has 0 fully saturated rings. The molecule has 0 amide bonds. The number of furan rings is 1. The lowest BCUT2D eigenvalue weighted by molar-refractivity contribution is 0.669. The molecule has 0 spiro atoms. The molecule has 7 aromatic carbocycles. The molecule has 242 valence electrons. The molecule has 0 radical (unpaired) electrons. The van der Waals surface area contributed by atoms with Crippen LogP contribution in [-0.4, -0.2) is 19.1 Å². The summed E-state index contributed by atoms with van der Waals surface area (Å²) in [6.45, 7) is 0. The van der Waals surface area contributed by atoms with Crippen molar-refractivity contribution in [2.45, 2.75) is 0 Å². The van der Waals surface area contributed by atoms with Gasteiger partial charge in [-0.3, -0.25) is 4.57 Å². The Morgan fingerprint density at radius 2 is 1.04 bits per heavy atom. The predicted octanol–water partition coefficient (Wildman–Crippen LogP) is 12.6. The van der Waals surface area contributed by atoms with E-state index in [0.717, 1.165) is 65.4 Å². The van der Waals surface area contributed by atoms with Crippen LogP contribution in [0.2, 0.25) is 0 Å². The Kier molecular flexibility index (Phi) is 5.59. The van der Waals surface area contributed by atoms with Gasteiger partial charge in [-0.15, -0.1) is 11.3 Å². The van der Waals surface area contributed by atoms with Crippen molar-refractivity contribution in [1.29, 1.82) is 0 Å². The Labute approximate surface area is 300 Å². The normalized spacial score (nSPS) is 12.2. The first-order valence-corrected chi connectivity index (χ1v) is 18.2. The summed E-state index contributed by atoms with van der Waals surface area (Å²) in [7, 11) is 0. The SMILES string of the molecule is c1ccc2c(c1)oc1cc(-c3ccc4sc5cnc(-n6c7ccccc7c7ccccc76)nc5c4c3)c(-n3c4ccccc4c4ccccc43)cc12. The van der Waals surface area contributed by atoms with Crippen LogP contribution in [0.1, 0.15) is 0 Å². The maximum Gasteiger partial charge on any atom is 0.235 e. The highest BCUT2D eigenvalue weighted by atomic mass is 32.1. The van der Waals surface area contributed by atoms with E-state index in [2.05, 4.69) is 149 Å². The van der Waals surface area contributed by atoms with Gasteiger partial charge in [0.25, 0.3) is 0 Å². The maximum atomic E-state index is 6.50. The van der Waals surface area contributed by atoms with E-state index < -0.39 is 0 Å². The zero-order chi connectivity index (χ0) is 33.9. The van der Waals surface area contributed by atoms with E-state index in [9.17, 15) is 0 Å². The lowest BCUT2D eigenvalue weighted by Gasteiger charge is -2.15. The second-order valence-electron chi connectivity index (χ2n) is 13.4. The van der Waals surface area contributed by atoms with E-state index in [1.807, 2.05) is 18.3 Å². The Morgan fingerprint density at radius 3 is 1.69 bits per heavy atom. The topological polar surface area (TPSA) is 48.8 Å². The number of rotatable bonds is 3. The number of hydrogen-bond acceptors (Lipinski definition) is 4. The van der Waals surface area contributed by atoms with Crippen molar-refractivity contribution in [2.75, 3.05) is 0 Å². The monoisotopic (exact) mass is 682 g/mol. The van der Waals surface area contributed by atoms with Crippen LogP contribution in [0.4, 0.5) is 0 Å². The number of fused-ring (bicyclic) bond motifs is 12. The number of benzene rings is 7. The molecule has 0 bridgehead atoms. The molecule has 0 aliphatic carbocycles. The van der Waals surface area contributed by atoms with Gasteiger partial charge < -0.3 is 8.98 Å². The van der Waals surface area contributed by atoms with Crippen LogP contribution in [0.25, 0.3) is 109 Å². The van der Waals surface area contributed by atoms with E-state index in [1.165, 1.54) is 37.3 Å². The van der Waals surface area contributed by atoms with Crippen molar-refractivity contribution in [3.63, 3.8) is 0 Å². The molecule has 5 aromatic heterocycles. The van der Waals surface area contributed by atoms with Gasteiger partial charge in [0, 0.05) is 48.0 Å². The Morgan fingerprint density at radius 1 is 0.462 bits per heavy atom. The number of aromatic nitrogens is 4. The molecule has 12 rings (SSSR count). The highest BCUT2D eigenvalue weighted by molar-refractivity contribution is 7.25. The number of thiophene rings is 1. The van der Waals surface area contributed by atoms with Crippen molar-refractivity contribution < 1.29 is 4.42 Å². The first-order chi connectivity index (χ1) is 25.8. The molecule has 0 atom stereocenters. The number of nitrogens with zero attached hydrogens (tertiary/aromatic N) is 4. The van der Waals surface area contributed by atoms with Gasteiger partial charge in [0.05, 0.1) is 44.2 Å². The molecular formula is C46H26N4OS. The molecular weight excluding hydrogens is 657 g/mol. The van der Waals surface area contributed by atoms with E-state index in [-0.39, 0.29) is 0 Å². The summed E-state index contributed by atoms with van der Waals surface area (Å²) in [5.41, 5.74) is 10.5. The van der Waals surface area contributed by atoms with Gasteiger partial charge >= 0.3 is 0 Å². The summed E-state index contributed by atoms with van der Waals surface area (Å²) in [5, 5.41) is 8.17. The molecule has 0 N–H and O–H groups in total. The third-order valence-corrected chi connectivity index (χ3v) is 11.7. The minimum atomic E-state index is 0.671. The van der Waals surface area contributed by atoms with Crippen LogP contribution < -0.4 is 0 Å². The largest absolute Gasteiger partial charge is 0.456 e. The van der Waals surface area contributed by atoms with Gasteiger partial charge in [-0.25, -0.2) is 9.97 Å². The van der Waals surface area contributed by atoms with Crippen LogP contribution in [-0.2, 0) is 0 Å². The molecule has 5 heterocycles. The minimum absolute atomic E-state index is 0.671. The molecule has 0 unspecified atom stereocenters. The van der Waals surface area contributed by atoms with Gasteiger partial charge in [-0.05, 0) is 60.2 Å². The molecule has 0 saturated heterocycles. The van der Waals surface area contributed by atoms with Gasteiger partial charge in [0.2, 0.25) is 5.95 Å². The summed E-state index contributed by atoms with van der Waals surface area (Å²) in [5.74, 6) is 0.671. The summed E-state index contributed by atoms with van der Waals surface area (Å²) in [4.78, 5) is 10.2. The van der Waals surface area contributed by atoms with Gasteiger partial charge in [-0.2, -0.15) is 0 Å². The zero-order valence-corrected chi connectivity index (χ0v) is 28.4. The molecule has 6 heteroatoms. The lowest BCUT2D eigenvalue weighted by atomic mass is 9.99. The van der Waals surface area contributed by atoms with E-state index in [1.54, 1.807) is 11.3 Å². The molecule has 0 saturated carbocycles. The first-order valence-electron chi connectivity index (χ1n) is 17.4. The third kappa shape index (κ3) is 3.81. The summed E-state index contributed by atoms with van der Waals surface area (Å²) in [6, 6.07) is 54.0. The quantitative estimate of drug-likeness (QED) is 0.186. The highest BCUT2D eigenvalue weighted by Crippen LogP contribution is 2.43. The molecule has 52 heavy (non-hydrogen) atoms. The van der Waals surface area contributed by atoms with Gasteiger partial charge in [0.1, 0.15) is 11.2 Å². The smallest absolute Gasteiger partial charge is 0.235 e. The fourth-order valence-corrected chi connectivity index (χ4v) is 9.32. The van der Waals surface area contributed by atoms with E-state index in [4.69, 9.17) is 14.4 Å². The average molecular weight is 683 g/mol. The van der Waals surface area contributed by atoms with Crippen molar-refractivity contribution in [3.05, 3.63) is 158 Å². The Hall–Kier alpha value is -6.76. The fraction of sp³-hybridized carbons (Fsp3) is 0. The molecule has 12 aromatic rings. The minimum Gasteiger partial charge on any atom is -0.456 e. The second-order valence-corrected chi connectivity index (χ2v) is 14.5. The van der Waals surface area contributed by atoms with Gasteiger partial charge in [0.15, 0.2) is 0 Å². The fourth-order valence-electron chi connectivity index (χ4n) is 8.32. The number of para-hydroxylation sites is 5. The van der Waals surface area contributed by atoms with Crippen LogP contribution in [0.15, 0.2) is 162 Å². The Balaban J connectivity index is 1.14. The van der Waals surface area contributed by atoms with Crippen molar-refractivity contribution >= 4 is 97.2 Å². The third-order valence-electron chi connectivity index (χ3n) is 10.6. The Bertz CT molecular complexity index is 3330. The van der Waals surface area contributed by atoms with Crippen LogP contribution >= 0.6 is 11.3 Å². The summed E-state index contributed by atoms with van der Waals surface area (Å²) >= 11 is 1.73. The zero-order valence-electron chi connectivity index (χ0n) is 27.6. The van der Waals surface area contributed by atoms with E-state index >= 15 is 0 Å². The summed E-state index contributed by atoms with van der Waals surface area (Å²) < 4.78 is 13.3. The van der Waals surface area contributed by atoms with Crippen LogP contribution in [0, 0.1) is 0 Å². The lowest BCUT2D eigenvalue weighted by Crippen LogP contribution is -2.00. The maximum absolute atomic E-state index is 6.50. The predicted molar refractivity (Wildman–Crippen MR) is 216 cm³/mol. The number of hydrogen-bond donors (Lipinski definition) is 0. The van der Waals surface area contributed by atoms with E-state index in [0.29, 0.717) is 5.95 Å². The standard InChI is InChI=1S/C46H26N4OS/c1-6-16-36-28(11-1)29-12-2-7-17-37(29)49(36)40-24-34-32-15-5-10-20-41(32)51-42(34)25-33(40)27-21-22-43-35(23-27)45-44(52-43)26-47-46(48-45)50-38-18-8-3-13-30(38)31-14-4-9-19-39(31)50/h1-26H. The van der Waals surface area contributed by atoms with Crippen molar-refractivity contribution in [2.24, 2.45) is 0 Å². The van der Waals surface area contributed by atoms with Crippen molar-refractivity contribution in [1.82, 2.24) is 19.1 Å². The van der Waals surface area contributed by atoms with Crippen LogP contribution in [0.5, 0.6) is 0 Å².